The van der Waals surface area contributed by atoms with Gasteiger partial charge in [-0.1, -0.05) is 35.9 Å². The highest BCUT2D eigenvalue weighted by Gasteiger charge is 2.29. The van der Waals surface area contributed by atoms with Crippen molar-refractivity contribution >= 4 is 23.5 Å². The third-order valence-electron chi connectivity index (χ3n) is 5.36. The minimum absolute atomic E-state index is 0.152. The lowest BCUT2D eigenvalue weighted by molar-refractivity contribution is 0.0600. The lowest BCUT2D eigenvalue weighted by atomic mass is 10.0. The number of fused-ring (bicyclic) bond motifs is 1. The second-order valence-corrected chi connectivity index (χ2v) is 7.79. The molecular formula is C25H22ClNO4. The Hall–Kier alpha value is -3.31. The summed E-state index contributed by atoms with van der Waals surface area (Å²) in [5.41, 5.74) is 4.06. The summed E-state index contributed by atoms with van der Waals surface area (Å²) in [7, 11) is 1.35. The third-order valence-corrected chi connectivity index (χ3v) is 5.61. The van der Waals surface area contributed by atoms with Crippen molar-refractivity contribution in [2.24, 2.45) is 0 Å². The Morgan fingerprint density at radius 1 is 1.03 bits per heavy atom. The van der Waals surface area contributed by atoms with Crippen LogP contribution in [0.1, 0.15) is 49.9 Å². The molecule has 1 unspecified atom stereocenters. The first-order chi connectivity index (χ1) is 15.0. The number of benzene rings is 3. The summed E-state index contributed by atoms with van der Waals surface area (Å²) in [6, 6.07) is 20.0. The van der Waals surface area contributed by atoms with Crippen LogP contribution in [-0.2, 0) is 17.7 Å². The van der Waals surface area contributed by atoms with Crippen molar-refractivity contribution in [3.05, 3.63) is 99.6 Å². The van der Waals surface area contributed by atoms with Crippen molar-refractivity contribution in [3.63, 3.8) is 0 Å². The normalized spacial score (nSPS) is 14.6. The molecule has 0 heterocycles. The maximum absolute atomic E-state index is 13.0. The van der Waals surface area contributed by atoms with E-state index >= 15 is 0 Å². The van der Waals surface area contributed by atoms with Crippen LogP contribution >= 0.6 is 11.6 Å². The molecule has 0 aliphatic heterocycles. The van der Waals surface area contributed by atoms with Crippen LogP contribution in [0.2, 0.25) is 5.02 Å². The standard InChI is InChI=1S/C25H22ClNO4/c1-30-25(29)18-7-5-16(6-8-18)15-27-24(28)21-4-2-3-17-9-14-22(23(17)21)31-20-12-10-19(26)11-13-20/h2-8,10-13,22H,9,14-15H2,1H3,(H,27,28). The fraction of sp³-hybridized carbons (Fsp3) is 0.200. The Kier molecular flexibility index (Phi) is 6.23. The zero-order valence-corrected chi connectivity index (χ0v) is 17.8. The van der Waals surface area contributed by atoms with E-state index < -0.39 is 0 Å². The molecule has 0 bridgehead atoms. The molecule has 0 saturated heterocycles. The van der Waals surface area contributed by atoms with Crippen LogP contribution < -0.4 is 10.1 Å². The highest BCUT2D eigenvalue weighted by Crippen LogP contribution is 2.37. The van der Waals surface area contributed by atoms with Crippen LogP contribution in [0.4, 0.5) is 0 Å². The van der Waals surface area contributed by atoms with E-state index in [-0.39, 0.29) is 18.0 Å². The van der Waals surface area contributed by atoms with Gasteiger partial charge in [-0.05, 0) is 66.4 Å². The first-order valence-corrected chi connectivity index (χ1v) is 10.4. The predicted octanol–water partition coefficient (Wildman–Crippen LogP) is 5.12. The number of hydrogen-bond acceptors (Lipinski definition) is 4. The van der Waals surface area contributed by atoms with Crippen molar-refractivity contribution in [1.82, 2.24) is 5.32 Å². The number of nitrogens with one attached hydrogen (secondary N) is 1. The highest BCUT2D eigenvalue weighted by molar-refractivity contribution is 6.30. The molecule has 3 aromatic rings. The fourth-order valence-corrected chi connectivity index (χ4v) is 3.92. The molecule has 1 amide bonds. The summed E-state index contributed by atoms with van der Waals surface area (Å²) in [5.74, 6) is 0.186. The Morgan fingerprint density at radius 2 is 1.77 bits per heavy atom. The van der Waals surface area contributed by atoms with E-state index in [1.165, 1.54) is 7.11 Å². The third kappa shape index (κ3) is 4.72. The van der Waals surface area contributed by atoms with Gasteiger partial charge in [-0.15, -0.1) is 0 Å². The SMILES string of the molecule is COC(=O)c1ccc(CNC(=O)c2cccc3c2C(Oc2ccc(Cl)cc2)CC3)cc1. The van der Waals surface area contributed by atoms with Crippen LogP contribution in [-0.4, -0.2) is 19.0 Å². The minimum Gasteiger partial charge on any atom is -0.486 e. The van der Waals surface area contributed by atoms with Crippen LogP contribution in [0.15, 0.2) is 66.7 Å². The van der Waals surface area contributed by atoms with Crippen molar-refractivity contribution < 1.29 is 19.1 Å². The number of ether oxygens (including phenoxy) is 2. The number of carbonyl (C=O) groups is 2. The summed E-state index contributed by atoms with van der Waals surface area (Å²) in [6.45, 7) is 0.354. The molecule has 0 saturated carbocycles. The number of rotatable bonds is 6. The van der Waals surface area contributed by atoms with Crippen molar-refractivity contribution in [3.8, 4) is 5.75 Å². The molecule has 158 valence electrons. The maximum Gasteiger partial charge on any atom is 0.337 e. The predicted molar refractivity (Wildman–Crippen MR) is 119 cm³/mol. The maximum atomic E-state index is 13.0. The fourth-order valence-electron chi connectivity index (χ4n) is 3.79. The average Bonchev–Trinajstić information content (AvgIpc) is 3.21. The highest BCUT2D eigenvalue weighted by atomic mass is 35.5. The zero-order valence-electron chi connectivity index (χ0n) is 17.1. The zero-order chi connectivity index (χ0) is 21.8. The second kappa shape index (κ2) is 9.23. The first kappa shape index (κ1) is 20.9. The van der Waals surface area contributed by atoms with Crippen LogP contribution in [0.25, 0.3) is 0 Å². The largest absolute Gasteiger partial charge is 0.486 e. The monoisotopic (exact) mass is 435 g/mol. The van der Waals surface area contributed by atoms with Crippen molar-refractivity contribution in [1.29, 1.82) is 0 Å². The molecule has 31 heavy (non-hydrogen) atoms. The van der Waals surface area contributed by atoms with Gasteiger partial charge in [0.15, 0.2) is 0 Å². The number of aryl methyl sites for hydroxylation is 1. The van der Waals surface area contributed by atoms with Crippen LogP contribution in [0.3, 0.4) is 0 Å². The molecule has 5 nitrogen and oxygen atoms in total. The number of carbonyl (C=O) groups excluding carboxylic acids is 2. The number of halogens is 1. The van der Waals surface area contributed by atoms with Crippen LogP contribution in [0, 0.1) is 0 Å². The van der Waals surface area contributed by atoms with Gasteiger partial charge < -0.3 is 14.8 Å². The lowest BCUT2D eigenvalue weighted by Gasteiger charge is -2.18. The van der Waals surface area contributed by atoms with Gasteiger partial charge in [0.05, 0.1) is 12.7 Å². The van der Waals surface area contributed by atoms with E-state index in [0.29, 0.717) is 22.7 Å². The minimum atomic E-state index is -0.387. The molecule has 1 aliphatic rings. The summed E-state index contributed by atoms with van der Waals surface area (Å²) < 4.78 is 10.9. The smallest absolute Gasteiger partial charge is 0.337 e. The number of methoxy groups -OCH3 is 1. The quantitative estimate of drug-likeness (QED) is 0.545. The van der Waals surface area contributed by atoms with Gasteiger partial charge in [0.25, 0.3) is 5.91 Å². The topological polar surface area (TPSA) is 64.6 Å². The number of esters is 1. The molecule has 3 aromatic carbocycles. The van der Waals surface area contributed by atoms with Gasteiger partial charge in [0.2, 0.25) is 0 Å². The van der Waals surface area contributed by atoms with E-state index in [9.17, 15) is 9.59 Å². The van der Waals surface area contributed by atoms with E-state index in [1.807, 2.05) is 30.3 Å². The van der Waals surface area contributed by atoms with Gasteiger partial charge in [0, 0.05) is 22.7 Å². The van der Waals surface area contributed by atoms with Gasteiger partial charge >= 0.3 is 5.97 Å². The average molecular weight is 436 g/mol. The summed E-state index contributed by atoms with van der Waals surface area (Å²) in [5, 5.41) is 3.62. The van der Waals surface area contributed by atoms with Gasteiger partial charge in [0.1, 0.15) is 11.9 Å². The second-order valence-electron chi connectivity index (χ2n) is 7.35. The van der Waals surface area contributed by atoms with Crippen molar-refractivity contribution in [2.75, 3.05) is 7.11 Å². The molecule has 0 radical (unpaired) electrons. The summed E-state index contributed by atoms with van der Waals surface area (Å²) in [6.07, 6.45) is 1.50. The van der Waals surface area contributed by atoms with Gasteiger partial charge in [-0.2, -0.15) is 0 Å². The first-order valence-electron chi connectivity index (χ1n) is 10.0. The Balaban J connectivity index is 1.47. The number of amides is 1. The van der Waals surface area contributed by atoms with Gasteiger partial charge in [-0.25, -0.2) is 4.79 Å². The lowest BCUT2D eigenvalue weighted by Crippen LogP contribution is -2.25. The molecule has 0 spiro atoms. The number of hydrogen-bond donors (Lipinski definition) is 1. The molecule has 1 atom stereocenters. The van der Waals surface area contributed by atoms with E-state index in [4.69, 9.17) is 21.1 Å². The molecule has 4 rings (SSSR count). The Morgan fingerprint density at radius 3 is 2.48 bits per heavy atom. The van der Waals surface area contributed by atoms with E-state index in [1.54, 1.807) is 36.4 Å². The Bertz CT molecular complexity index is 1090. The Labute approximate surface area is 185 Å². The molecule has 0 aromatic heterocycles. The van der Waals surface area contributed by atoms with E-state index in [2.05, 4.69) is 5.32 Å². The van der Waals surface area contributed by atoms with Crippen molar-refractivity contribution in [2.45, 2.75) is 25.5 Å². The van der Waals surface area contributed by atoms with Gasteiger partial charge in [-0.3, -0.25) is 4.79 Å². The van der Waals surface area contributed by atoms with E-state index in [0.717, 1.165) is 35.3 Å². The molecule has 0 fully saturated rings. The van der Waals surface area contributed by atoms with Crippen LogP contribution in [0.5, 0.6) is 5.75 Å². The summed E-state index contributed by atoms with van der Waals surface area (Å²) >= 11 is 5.96. The molecular weight excluding hydrogens is 414 g/mol. The molecule has 6 heteroatoms. The molecule has 1 aliphatic carbocycles. The summed E-state index contributed by atoms with van der Waals surface area (Å²) in [4.78, 5) is 24.5. The molecule has 1 N–H and O–H groups in total.